The molecule has 6 nitrogen and oxygen atoms in total. The number of hydrogen-bond donors (Lipinski definition) is 2. The van der Waals surface area contributed by atoms with Gasteiger partial charge >= 0.3 is 0 Å². The van der Waals surface area contributed by atoms with Crippen LogP contribution in [0.15, 0.2) is 22.9 Å². The summed E-state index contributed by atoms with van der Waals surface area (Å²) in [6, 6.07) is 3.30. The number of amides is 1. The van der Waals surface area contributed by atoms with Crippen molar-refractivity contribution < 1.29 is 9.32 Å². The van der Waals surface area contributed by atoms with Crippen molar-refractivity contribution in [2.24, 2.45) is 5.73 Å². The molecule has 20 heavy (non-hydrogen) atoms. The zero-order valence-corrected chi connectivity index (χ0v) is 11.2. The minimum atomic E-state index is -0.359. The Morgan fingerprint density at radius 1 is 1.45 bits per heavy atom. The predicted octanol–water partition coefficient (Wildman–Crippen LogP) is 1.25. The summed E-state index contributed by atoms with van der Waals surface area (Å²) in [4.78, 5) is 16.0. The Hall–Kier alpha value is -2.65. The average molecular weight is 270 g/mol. The van der Waals surface area contributed by atoms with E-state index in [4.69, 9.17) is 10.3 Å². The molecule has 0 radical (unpaired) electrons. The van der Waals surface area contributed by atoms with E-state index in [2.05, 4.69) is 27.3 Å². The Bertz CT molecular complexity index is 677. The molecule has 102 valence electrons. The molecule has 0 unspecified atom stereocenters. The minimum Gasteiger partial charge on any atom is -0.338 e. The highest BCUT2D eigenvalue weighted by Gasteiger charge is 2.13. The van der Waals surface area contributed by atoms with E-state index in [9.17, 15) is 4.79 Å². The zero-order valence-electron chi connectivity index (χ0n) is 11.2. The number of hydrogen-bond acceptors (Lipinski definition) is 5. The first-order valence-electron chi connectivity index (χ1n) is 6.01. The number of anilines is 1. The van der Waals surface area contributed by atoms with E-state index in [-0.39, 0.29) is 18.1 Å². The standard InChI is InChI=1S/C14H14N4O2/c1-9-10(2)18-20-14(9)17-13(19)12-6-5-11(8-16-12)4-3-7-15/h5-6,8H,7,15H2,1-2H3,(H,17,19). The van der Waals surface area contributed by atoms with Crippen LogP contribution in [0.1, 0.15) is 27.3 Å². The number of carbonyl (C=O) groups is 1. The molecule has 0 saturated heterocycles. The molecule has 0 aliphatic carbocycles. The van der Waals surface area contributed by atoms with Crippen LogP contribution in [-0.2, 0) is 0 Å². The largest absolute Gasteiger partial charge is 0.338 e. The van der Waals surface area contributed by atoms with Crippen LogP contribution in [0.4, 0.5) is 5.88 Å². The number of nitrogens with one attached hydrogen (secondary N) is 1. The van der Waals surface area contributed by atoms with E-state index < -0.39 is 0 Å². The van der Waals surface area contributed by atoms with E-state index in [0.717, 1.165) is 11.3 Å². The van der Waals surface area contributed by atoms with E-state index in [1.165, 1.54) is 6.20 Å². The van der Waals surface area contributed by atoms with Crippen molar-refractivity contribution in [1.29, 1.82) is 0 Å². The fourth-order valence-corrected chi connectivity index (χ4v) is 1.45. The predicted molar refractivity (Wildman–Crippen MR) is 74.1 cm³/mol. The van der Waals surface area contributed by atoms with Crippen molar-refractivity contribution in [3.63, 3.8) is 0 Å². The Labute approximate surface area is 116 Å². The molecule has 2 aromatic heterocycles. The Morgan fingerprint density at radius 3 is 2.80 bits per heavy atom. The quantitative estimate of drug-likeness (QED) is 0.801. The van der Waals surface area contributed by atoms with Gasteiger partial charge in [0.1, 0.15) is 5.69 Å². The number of aryl methyl sites for hydroxylation is 1. The van der Waals surface area contributed by atoms with Gasteiger partial charge in [-0.3, -0.25) is 10.1 Å². The fraction of sp³-hybridized carbons (Fsp3) is 0.214. The number of nitrogens with zero attached hydrogens (tertiary/aromatic N) is 2. The molecule has 0 spiro atoms. The monoisotopic (exact) mass is 270 g/mol. The molecule has 6 heteroatoms. The molecule has 3 N–H and O–H groups in total. The molecule has 2 aromatic rings. The van der Waals surface area contributed by atoms with E-state index in [1.807, 2.05) is 6.92 Å². The lowest BCUT2D eigenvalue weighted by Crippen LogP contribution is -2.13. The topological polar surface area (TPSA) is 94.0 Å². The number of pyridine rings is 1. The Morgan fingerprint density at radius 2 is 2.25 bits per heavy atom. The van der Waals surface area contributed by atoms with Crippen molar-refractivity contribution in [2.45, 2.75) is 13.8 Å². The summed E-state index contributed by atoms with van der Waals surface area (Å²) in [5, 5.41) is 6.39. The van der Waals surface area contributed by atoms with Gasteiger partial charge in [-0.1, -0.05) is 17.0 Å². The summed E-state index contributed by atoms with van der Waals surface area (Å²) in [7, 11) is 0. The maximum atomic E-state index is 12.0. The number of rotatable bonds is 2. The molecule has 0 fully saturated rings. The Kier molecular flexibility index (Phi) is 4.13. The summed E-state index contributed by atoms with van der Waals surface area (Å²) < 4.78 is 5.02. The average Bonchev–Trinajstić information content (AvgIpc) is 2.77. The maximum absolute atomic E-state index is 12.0. The maximum Gasteiger partial charge on any atom is 0.276 e. The molecular formula is C14H14N4O2. The molecule has 2 rings (SSSR count). The van der Waals surface area contributed by atoms with Crippen LogP contribution in [0.3, 0.4) is 0 Å². The van der Waals surface area contributed by atoms with Crippen LogP contribution >= 0.6 is 0 Å². The molecule has 2 heterocycles. The molecule has 0 atom stereocenters. The summed E-state index contributed by atoms with van der Waals surface area (Å²) in [5.41, 5.74) is 7.80. The third-order valence-corrected chi connectivity index (χ3v) is 2.72. The van der Waals surface area contributed by atoms with Gasteiger partial charge in [0.05, 0.1) is 12.2 Å². The number of nitrogens with two attached hydrogens (primary N) is 1. The summed E-state index contributed by atoms with van der Waals surface area (Å²) in [6.45, 7) is 3.91. The first-order chi connectivity index (χ1) is 9.61. The van der Waals surface area contributed by atoms with E-state index in [0.29, 0.717) is 11.4 Å². The van der Waals surface area contributed by atoms with Crippen LogP contribution in [-0.4, -0.2) is 22.6 Å². The van der Waals surface area contributed by atoms with Crippen molar-refractivity contribution in [1.82, 2.24) is 10.1 Å². The molecule has 0 aliphatic heterocycles. The highest BCUT2D eigenvalue weighted by molar-refractivity contribution is 6.02. The lowest BCUT2D eigenvalue weighted by molar-refractivity contribution is 0.101. The molecule has 0 saturated carbocycles. The molecule has 0 aromatic carbocycles. The van der Waals surface area contributed by atoms with Gasteiger partial charge in [0.25, 0.3) is 5.91 Å². The highest BCUT2D eigenvalue weighted by atomic mass is 16.5. The molecule has 0 bridgehead atoms. The van der Waals surface area contributed by atoms with Gasteiger partial charge in [-0.05, 0) is 26.0 Å². The fourth-order valence-electron chi connectivity index (χ4n) is 1.45. The second-order valence-corrected chi connectivity index (χ2v) is 4.11. The van der Waals surface area contributed by atoms with Crippen LogP contribution in [0, 0.1) is 25.7 Å². The normalized spacial score (nSPS) is 9.75. The van der Waals surface area contributed by atoms with Gasteiger partial charge < -0.3 is 10.3 Å². The minimum absolute atomic E-state index is 0.275. The molecular weight excluding hydrogens is 256 g/mol. The second-order valence-electron chi connectivity index (χ2n) is 4.11. The van der Waals surface area contributed by atoms with Gasteiger partial charge in [0.2, 0.25) is 5.88 Å². The van der Waals surface area contributed by atoms with Crippen LogP contribution in [0.25, 0.3) is 0 Å². The van der Waals surface area contributed by atoms with Crippen molar-refractivity contribution >= 4 is 11.8 Å². The first kappa shape index (κ1) is 13.8. The van der Waals surface area contributed by atoms with Crippen LogP contribution in [0.2, 0.25) is 0 Å². The summed E-state index contributed by atoms with van der Waals surface area (Å²) in [6.07, 6.45) is 1.52. The van der Waals surface area contributed by atoms with Gasteiger partial charge in [0.15, 0.2) is 0 Å². The number of carbonyl (C=O) groups excluding carboxylic acids is 1. The molecule has 0 aliphatic rings. The summed E-state index contributed by atoms with van der Waals surface area (Å²) >= 11 is 0. The van der Waals surface area contributed by atoms with Gasteiger partial charge in [-0.2, -0.15) is 0 Å². The van der Waals surface area contributed by atoms with Crippen LogP contribution in [0.5, 0.6) is 0 Å². The SMILES string of the molecule is Cc1noc(NC(=O)c2ccc(C#CCN)cn2)c1C. The number of aromatic nitrogens is 2. The van der Waals surface area contributed by atoms with E-state index >= 15 is 0 Å². The van der Waals surface area contributed by atoms with E-state index in [1.54, 1.807) is 19.1 Å². The van der Waals surface area contributed by atoms with Crippen molar-refractivity contribution in [3.05, 3.63) is 40.8 Å². The van der Waals surface area contributed by atoms with Crippen LogP contribution < -0.4 is 11.1 Å². The lowest BCUT2D eigenvalue weighted by atomic mass is 10.2. The van der Waals surface area contributed by atoms with Gasteiger partial charge in [-0.25, -0.2) is 4.98 Å². The zero-order chi connectivity index (χ0) is 14.5. The second kappa shape index (κ2) is 5.99. The smallest absolute Gasteiger partial charge is 0.276 e. The third-order valence-electron chi connectivity index (χ3n) is 2.72. The first-order valence-corrected chi connectivity index (χ1v) is 6.01. The highest BCUT2D eigenvalue weighted by Crippen LogP contribution is 2.17. The van der Waals surface area contributed by atoms with Gasteiger partial charge in [-0.15, -0.1) is 0 Å². The Balaban J connectivity index is 2.11. The van der Waals surface area contributed by atoms with Crippen molar-refractivity contribution in [3.8, 4) is 11.8 Å². The van der Waals surface area contributed by atoms with Crippen molar-refractivity contribution in [2.75, 3.05) is 11.9 Å². The summed E-state index contributed by atoms with van der Waals surface area (Å²) in [5.74, 6) is 5.53. The van der Waals surface area contributed by atoms with Gasteiger partial charge in [0, 0.05) is 17.3 Å². The molecule has 1 amide bonds. The third kappa shape index (κ3) is 3.02. The lowest BCUT2D eigenvalue weighted by Gasteiger charge is -2.01.